The zero-order valence-corrected chi connectivity index (χ0v) is 29.8. The van der Waals surface area contributed by atoms with Gasteiger partial charge in [0.15, 0.2) is 0 Å². The topological polar surface area (TPSA) is 14.8 Å². The summed E-state index contributed by atoms with van der Waals surface area (Å²) in [5, 5.41) is 0.906. The Balaban J connectivity index is 1.22. The van der Waals surface area contributed by atoms with Gasteiger partial charge in [-0.05, 0) is 94.9 Å². The van der Waals surface area contributed by atoms with E-state index in [0.29, 0.717) is 34.2 Å². The molecular formula is C54H35N3. The second-order valence-electron chi connectivity index (χ2n) is 13.7. The van der Waals surface area contributed by atoms with Gasteiger partial charge in [-0.3, -0.25) is 0 Å². The average molecular weight is 742 g/mol. The Kier molecular flexibility index (Phi) is 4.33. The number of aromatic nitrogens is 3. The summed E-state index contributed by atoms with van der Waals surface area (Å²) in [4.78, 5) is 0. The molecule has 0 amide bonds. The molecule has 3 nitrogen and oxygen atoms in total. The van der Waals surface area contributed by atoms with Gasteiger partial charge in [0.2, 0.25) is 0 Å². The SMILES string of the molecule is [2H]c1ccc(-c2cccc(-n3c4c([2H])c([2H])c([2H])c([2H])c4c4c([2H])c(-c5c([2H])c([2H])c6c(c5[2H])c5c([2H])c([2H])c([2H])c([2H])c5n6-c5cccc6c7ccccc7n(-c7ccc([2H])cc7)c56)c([2H])c([2H])c43)c2)cc1. The predicted octanol–water partition coefficient (Wildman–Crippen LogP) is 14.3. The van der Waals surface area contributed by atoms with E-state index in [-0.39, 0.29) is 49.7 Å². The summed E-state index contributed by atoms with van der Waals surface area (Å²) >= 11 is 0. The van der Waals surface area contributed by atoms with Gasteiger partial charge in [0.25, 0.3) is 0 Å². The van der Waals surface area contributed by atoms with E-state index in [1.165, 1.54) is 9.13 Å². The Morgan fingerprint density at radius 2 is 0.877 bits per heavy atom. The molecule has 3 heterocycles. The number of rotatable bonds is 5. The van der Waals surface area contributed by atoms with Crippen LogP contribution in [0.1, 0.15) is 21.9 Å². The van der Waals surface area contributed by atoms with Crippen molar-refractivity contribution in [2.75, 3.05) is 0 Å². The molecule has 9 aromatic carbocycles. The molecule has 0 saturated carbocycles. The van der Waals surface area contributed by atoms with Crippen molar-refractivity contribution in [3.8, 4) is 39.3 Å². The molecule has 0 N–H and O–H groups in total. The highest BCUT2D eigenvalue weighted by molar-refractivity contribution is 6.16. The highest BCUT2D eigenvalue weighted by Crippen LogP contribution is 2.41. The van der Waals surface area contributed by atoms with Crippen LogP contribution in [0.2, 0.25) is 0 Å². The van der Waals surface area contributed by atoms with Gasteiger partial charge in [0.05, 0.1) is 60.7 Å². The molecule has 0 aliphatic carbocycles. The van der Waals surface area contributed by atoms with E-state index >= 15 is 0 Å². The quantitative estimate of drug-likeness (QED) is 0.167. The van der Waals surface area contributed by atoms with Crippen LogP contribution in [0, 0.1) is 0 Å². The number of fused-ring (bicyclic) bond motifs is 9. The molecule has 3 aromatic heterocycles. The van der Waals surface area contributed by atoms with Gasteiger partial charge in [0.1, 0.15) is 0 Å². The lowest BCUT2D eigenvalue weighted by atomic mass is 10.0. The van der Waals surface area contributed by atoms with Gasteiger partial charge in [-0.2, -0.15) is 0 Å². The molecule has 0 atom stereocenters. The molecule has 57 heavy (non-hydrogen) atoms. The minimum Gasteiger partial charge on any atom is -0.309 e. The van der Waals surface area contributed by atoms with Crippen molar-refractivity contribution >= 4 is 65.4 Å². The molecule has 0 aliphatic rings. The van der Waals surface area contributed by atoms with Crippen molar-refractivity contribution in [1.82, 2.24) is 13.7 Å². The van der Waals surface area contributed by atoms with Crippen molar-refractivity contribution in [2.45, 2.75) is 0 Å². The molecule has 0 aliphatic heterocycles. The van der Waals surface area contributed by atoms with Crippen LogP contribution in [0.5, 0.6) is 0 Å². The van der Waals surface area contributed by atoms with Gasteiger partial charge < -0.3 is 13.7 Å². The Morgan fingerprint density at radius 1 is 0.316 bits per heavy atom. The van der Waals surface area contributed by atoms with Crippen LogP contribution in [-0.2, 0) is 0 Å². The van der Waals surface area contributed by atoms with E-state index in [4.69, 9.17) is 8.22 Å². The zero-order chi connectivity index (χ0) is 51.4. The summed E-state index contributed by atoms with van der Waals surface area (Å²) in [6.07, 6.45) is 0. The van der Waals surface area contributed by atoms with E-state index in [1.807, 2.05) is 41.0 Å². The number of hydrogen-bond donors (Lipinski definition) is 0. The fraction of sp³-hybridized carbons (Fsp3) is 0. The molecule has 12 aromatic rings. The van der Waals surface area contributed by atoms with Gasteiger partial charge in [-0.15, -0.1) is 0 Å². The monoisotopic (exact) mass is 741 g/mol. The van der Waals surface area contributed by atoms with Gasteiger partial charge in [0, 0.05) is 43.7 Å². The zero-order valence-electron chi connectivity index (χ0n) is 45.8. The van der Waals surface area contributed by atoms with Gasteiger partial charge in [-0.25, -0.2) is 0 Å². The number of benzene rings is 9. The summed E-state index contributed by atoms with van der Waals surface area (Å²) in [6, 6.07) is 26.1. The maximum atomic E-state index is 10.1. The van der Waals surface area contributed by atoms with E-state index in [2.05, 4.69) is 0 Å². The third-order valence-corrected chi connectivity index (χ3v) is 10.6. The van der Waals surface area contributed by atoms with E-state index < -0.39 is 95.7 Å². The first-order valence-corrected chi connectivity index (χ1v) is 18.3. The minimum absolute atomic E-state index is 0.0895. The van der Waals surface area contributed by atoms with Gasteiger partial charge >= 0.3 is 0 Å². The second kappa shape index (κ2) is 12.5. The fourth-order valence-electron chi connectivity index (χ4n) is 8.16. The third-order valence-electron chi connectivity index (χ3n) is 10.6. The van der Waals surface area contributed by atoms with Crippen LogP contribution in [0.3, 0.4) is 0 Å². The highest BCUT2D eigenvalue weighted by Gasteiger charge is 2.21. The maximum Gasteiger partial charge on any atom is 0.0782 e. The molecule has 12 rings (SSSR count). The first kappa shape index (κ1) is 19.8. The first-order chi connectivity index (χ1) is 34.9. The van der Waals surface area contributed by atoms with Crippen molar-refractivity contribution in [1.29, 1.82) is 0 Å². The van der Waals surface area contributed by atoms with Crippen LogP contribution in [0.25, 0.3) is 105 Å². The van der Waals surface area contributed by atoms with Crippen molar-refractivity contribution in [2.24, 2.45) is 0 Å². The van der Waals surface area contributed by atoms with E-state index in [1.54, 1.807) is 78.9 Å². The Labute approximate surface area is 352 Å². The summed E-state index contributed by atoms with van der Waals surface area (Å²) in [6.45, 7) is 0. The minimum atomic E-state index is -0.659. The molecule has 0 bridgehead atoms. The van der Waals surface area contributed by atoms with E-state index in [0.717, 1.165) is 21.9 Å². The average Bonchev–Trinajstić information content (AvgIpc) is 4.06. The molecule has 0 unspecified atom stereocenters. The third kappa shape index (κ3) is 4.79. The summed E-state index contributed by atoms with van der Waals surface area (Å²) < 4.78 is 153. The van der Waals surface area contributed by atoms with Crippen molar-refractivity contribution in [3.63, 3.8) is 0 Å². The predicted molar refractivity (Wildman–Crippen MR) is 240 cm³/mol. The molecule has 0 saturated heterocycles. The molecule has 0 fully saturated rings. The molecule has 0 spiro atoms. The Hall–Kier alpha value is -7.62. The van der Waals surface area contributed by atoms with Gasteiger partial charge in [-0.1, -0.05) is 139 Å². The summed E-state index contributed by atoms with van der Waals surface area (Å²) in [7, 11) is 0. The van der Waals surface area contributed by atoms with E-state index in [9.17, 15) is 13.7 Å². The lowest BCUT2D eigenvalue weighted by Gasteiger charge is -2.14. The van der Waals surface area contributed by atoms with Crippen LogP contribution in [-0.4, -0.2) is 13.7 Å². The molecule has 0 radical (unpaired) electrons. The lowest BCUT2D eigenvalue weighted by molar-refractivity contribution is 1.13. The number of nitrogens with zero attached hydrogens (tertiary/aromatic N) is 3. The van der Waals surface area contributed by atoms with Crippen LogP contribution >= 0.6 is 0 Å². The fourth-order valence-corrected chi connectivity index (χ4v) is 8.16. The first-order valence-electron chi connectivity index (χ1n) is 26.3. The van der Waals surface area contributed by atoms with Crippen LogP contribution in [0.4, 0.5) is 0 Å². The normalized spacial score (nSPS) is 15.8. The smallest absolute Gasteiger partial charge is 0.0782 e. The molecule has 266 valence electrons. The van der Waals surface area contributed by atoms with Crippen molar-refractivity contribution in [3.05, 3.63) is 212 Å². The standard InChI is InChI=1S/C54H35N3/c1-3-15-36(16-4-1)37-17-13-20-41(33-37)55-48-25-10-8-22-43(48)46-34-38(29-31-51(46)55)39-30-32-52-47(35-39)44-23-9-12-27-50(44)57(52)53-28-14-24-45-42-21-7-11-26-49(42)56(54(45)53)40-18-5-2-6-19-40/h1-35H/i1D,2D,8D,9D,10D,12D,22D,23D,25D,27D,29D,30D,31D,32D,34D,35D. The van der Waals surface area contributed by atoms with Crippen LogP contribution in [0.15, 0.2) is 212 Å². The number of hydrogen-bond acceptors (Lipinski definition) is 0. The Morgan fingerprint density at radius 3 is 1.61 bits per heavy atom. The lowest BCUT2D eigenvalue weighted by Crippen LogP contribution is -2.00. The number of para-hydroxylation sites is 5. The molecular weight excluding hydrogens is 691 g/mol. The molecule has 3 heteroatoms. The maximum absolute atomic E-state index is 10.1. The largest absolute Gasteiger partial charge is 0.309 e. The summed E-state index contributed by atoms with van der Waals surface area (Å²) in [5.74, 6) is 0. The Bertz CT molecular complexity index is 4440. The van der Waals surface area contributed by atoms with Crippen LogP contribution < -0.4 is 0 Å². The highest BCUT2D eigenvalue weighted by atomic mass is 15.1. The summed E-state index contributed by atoms with van der Waals surface area (Å²) in [5.41, 5.74) is 2.71. The second-order valence-corrected chi connectivity index (χ2v) is 13.7. The van der Waals surface area contributed by atoms with Crippen molar-refractivity contribution < 1.29 is 21.9 Å².